The first-order valence-electron chi connectivity index (χ1n) is 13.9. The molecule has 0 fully saturated rings. The van der Waals surface area contributed by atoms with Gasteiger partial charge in [-0.1, -0.05) is 106 Å². The van der Waals surface area contributed by atoms with E-state index >= 15 is 0 Å². The number of aryl methyl sites for hydroxylation is 4. The Bertz CT molecular complexity index is 881. The van der Waals surface area contributed by atoms with Gasteiger partial charge in [0.1, 0.15) is 11.5 Å². The lowest BCUT2D eigenvalue weighted by Gasteiger charge is -2.26. The number of unbranched alkanes of at least 4 members (excludes halogenated alkanes) is 3. The normalized spacial score (nSPS) is 11.8. The molecule has 0 aliphatic carbocycles. The molecule has 0 atom stereocenters. The van der Waals surface area contributed by atoms with E-state index in [4.69, 9.17) is 0 Å². The summed E-state index contributed by atoms with van der Waals surface area (Å²) >= 11 is 0. The maximum Gasteiger partial charge on any atom is 0.122 e. The predicted molar refractivity (Wildman–Crippen MR) is 154 cm³/mol. The third kappa shape index (κ3) is 9.90. The van der Waals surface area contributed by atoms with E-state index in [0.29, 0.717) is 11.5 Å². The second kappa shape index (κ2) is 14.0. The fraction of sp³-hybridized carbons (Fsp3) is 0.636. The quantitative estimate of drug-likeness (QED) is 0.373. The van der Waals surface area contributed by atoms with Crippen molar-refractivity contribution in [3.8, 4) is 11.5 Å². The molecule has 0 aliphatic rings. The zero-order chi connectivity index (χ0) is 26.8. The van der Waals surface area contributed by atoms with E-state index in [-0.39, 0.29) is 10.8 Å². The predicted octanol–water partition coefficient (Wildman–Crippen LogP) is 9.72. The molecule has 2 aromatic carbocycles. The van der Waals surface area contributed by atoms with Crippen LogP contribution in [0, 0.1) is 6.92 Å². The molecule has 0 amide bonds. The van der Waals surface area contributed by atoms with Crippen LogP contribution in [0.15, 0.2) is 24.3 Å². The monoisotopic (exact) mass is 482 g/mol. The number of hydrogen-bond acceptors (Lipinski definition) is 2. The average molecular weight is 483 g/mol. The van der Waals surface area contributed by atoms with Crippen LogP contribution in [0.1, 0.15) is 134 Å². The van der Waals surface area contributed by atoms with Gasteiger partial charge in [0.15, 0.2) is 0 Å². The van der Waals surface area contributed by atoms with Gasteiger partial charge in [0.05, 0.1) is 0 Å². The van der Waals surface area contributed by atoms with Crippen LogP contribution in [-0.2, 0) is 30.1 Å². The van der Waals surface area contributed by atoms with E-state index in [2.05, 4.69) is 86.6 Å². The number of phenols is 2. The minimum Gasteiger partial charge on any atom is -0.507 e. The highest BCUT2D eigenvalue weighted by Crippen LogP contribution is 2.37. The topological polar surface area (TPSA) is 40.5 Å². The van der Waals surface area contributed by atoms with Crippen molar-refractivity contribution < 1.29 is 10.2 Å². The molecule has 2 aromatic rings. The Hall–Kier alpha value is -1.96. The van der Waals surface area contributed by atoms with Gasteiger partial charge in [0, 0.05) is 0 Å². The van der Waals surface area contributed by atoms with E-state index < -0.39 is 0 Å². The molecule has 0 spiro atoms. The van der Waals surface area contributed by atoms with Gasteiger partial charge in [-0.2, -0.15) is 0 Å². The summed E-state index contributed by atoms with van der Waals surface area (Å²) < 4.78 is 0. The molecule has 0 heterocycles. The summed E-state index contributed by atoms with van der Waals surface area (Å²) in [5.41, 5.74) is 7.15. The molecule has 0 unspecified atom stereocenters. The molecule has 0 bridgehead atoms. The zero-order valence-corrected chi connectivity index (χ0v) is 24.6. The number of hydrogen-bond donors (Lipinski definition) is 2. The van der Waals surface area contributed by atoms with Crippen LogP contribution < -0.4 is 0 Å². The Labute approximate surface area is 217 Å². The lowest BCUT2D eigenvalue weighted by molar-refractivity contribution is 0.440. The number of benzene rings is 2. The summed E-state index contributed by atoms with van der Waals surface area (Å²) in [6.45, 7) is 21.6. The summed E-state index contributed by atoms with van der Waals surface area (Å²) in [6, 6.07) is 8.69. The van der Waals surface area contributed by atoms with E-state index in [1.54, 1.807) is 0 Å². The van der Waals surface area contributed by atoms with Crippen LogP contribution in [-0.4, -0.2) is 10.2 Å². The highest BCUT2D eigenvalue weighted by molar-refractivity contribution is 5.48. The average Bonchev–Trinajstić information content (AvgIpc) is 2.77. The second-order valence-corrected chi connectivity index (χ2v) is 12.3. The van der Waals surface area contributed by atoms with Crippen LogP contribution in [0.2, 0.25) is 0 Å². The Morgan fingerprint density at radius 1 is 0.600 bits per heavy atom. The largest absolute Gasteiger partial charge is 0.507 e. The standard InChI is InChI=1S/C18H30O.C15H24O/c1-4-7-10-15-13-16(11-8-5-2)18(19)17(14-15)12-9-6-3;1-10-8-11(14(2,3)4)9-12(13(10)16)15(5,6)7/h13-14,19H,4-12H2,1-3H3;8-9,16H,1-7H3. The Morgan fingerprint density at radius 3 is 1.46 bits per heavy atom. The zero-order valence-electron chi connectivity index (χ0n) is 24.6. The van der Waals surface area contributed by atoms with Gasteiger partial charge in [-0.25, -0.2) is 0 Å². The Morgan fingerprint density at radius 2 is 1.06 bits per heavy atom. The van der Waals surface area contributed by atoms with E-state index in [0.717, 1.165) is 43.2 Å². The van der Waals surface area contributed by atoms with Crippen molar-refractivity contribution in [2.45, 2.75) is 138 Å². The summed E-state index contributed by atoms with van der Waals surface area (Å²) in [5.74, 6) is 1.02. The molecule has 0 aliphatic heterocycles. The van der Waals surface area contributed by atoms with Crippen LogP contribution in [0.4, 0.5) is 0 Å². The smallest absolute Gasteiger partial charge is 0.122 e. The molecule has 35 heavy (non-hydrogen) atoms. The van der Waals surface area contributed by atoms with Crippen LogP contribution in [0.5, 0.6) is 11.5 Å². The maximum atomic E-state index is 10.4. The van der Waals surface area contributed by atoms with Crippen molar-refractivity contribution in [2.24, 2.45) is 0 Å². The van der Waals surface area contributed by atoms with Crippen molar-refractivity contribution in [1.29, 1.82) is 0 Å². The fourth-order valence-corrected chi connectivity index (χ4v) is 4.26. The summed E-state index contributed by atoms with van der Waals surface area (Å²) in [6.07, 6.45) is 10.3. The fourth-order valence-electron chi connectivity index (χ4n) is 4.26. The third-order valence-electron chi connectivity index (χ3n) is 6.72. The van der Waals surface area contributed by atoms with E-state index in [1.807, 2.05) is 6.92 Å². The molecular weight excluding hydrogens is 428 g/mol. The number of aromatic hydroxyl groups is 2. The van der Waals surface area contributed by atoms with Gasteiger partial charge in [-0.05, 0) is 89.7 Å². The van der Waals surface area contributed by atoms with Crippen LogP contribution in [0.3, 0.4) is 0 Å². The van der Waals surface area contributed by atoms with Gasteiger partial charge >= 0.3 is 0 Å². The number of rotatable bonds is 9. The lowest BCUT2D eigenvalue weighted by Crippen LogP contribution is -2.17. The third-order valence-corrected chi connectivity index (χ3v) is 6.72. The van der Waals surface area contributed by atoms with Crippen LogP contribution in [0.25, 0.3) is 0 Å². The second-order valence-electron chi connectivity index (χ2n) is 12.3. The molecule has 0 radical (unpaired) electrons. The molecule has 0 aromatic heterocycles. The molecule has 2 rings (SSSR count). The van der Waals surface area contributed by atoms with Gasteiger partial charge in [-0.15, -0.1) is 0 Å². The van der Waals surface area contributed by atoms with E-state index in [9.17, 15) is 10.2 Å². The van der Waals surface area contributed by atoms with Crippen molar-refractivity contribution in [3.05, 3.63) is 57.6 Å². The molecule has 2 N–H and O–H groups in total. The van der Waals surface area contributed by atoms with Crippen molar-refractivity contribution in [3.63, 3.8) is 0 Å². The minimum atomic E-state index is -0.0178. The molecule has 2 heteroatoms. The van der Waals surface area contributed by atoms with Gasteiger partial charge in [0.2, 0.25) is 0 Å². The molecule has 198 valence electrons. The van der Waals surface area contributed by atoms with Crippen molar-refractivity contribution in [1.82, 2.24) is 0 Å². The van der Waals surface area contributed by atoms with E-state index in [1.165, 1.54) is 47.9 Å². The molecule has 2 nitrogen and oxygen atoms in total. The summed E-state index contributed by atoms with van der Waals surface area (Å²) in [5, 5.41) is 20.5. The minimum absolute atomic E-state index is 0.0178. The molecular formula is C33H54O2. The van der Waals surface area contributed by atoms with Gasteiger partial charge in [-0.3, -0.25) is 0 Å². The molecule has 0 saturated carbocycles. The Kier molecular flexibility index (Phi) is 12.4. The lowest BCUT2D eigenvalue weighted by atomic mass is 9.79. The first-order chi connectivity index (χ1) is 16.3. The first kappa shape index (κ1) is 31.1. The Balaban J connectivity index is 0.000000355. The number of phenolic OH excluding ortho intramolecular Hbond substituents is 2. The van der Waals surface area contributed by atoms with Crippen molar-refractivity contribution >= 4 is 0 Å². The maximum absolute atomic E-state index is 10.4. The SMILES string of the molecule is CCCCc1cc(CCCC)c(O)c(CCCC)c1.Cc1cc(C(C)(C)C)cc(C(C)(C)C)c1O. The first-order valence-corrected chi connectivity index (χ1v) is 13.9. The van der Waals surface area contributed by atoms with Crippen molar-refractivity contribution in [2.75, 3.05) is 0 Å². The van der Waals surface area contributed by atoms with Crippen LogP contribution >= 0.6 is 0 Å². The highest BCUT2D eigenvalue weighted by atomic mass is 16.3. The molecule has 0 saturated heterocycles. The van der Waals surface area contributed by atoms with Gasteiger partial charge in [0.25, 0.3) is 0 Å². The summed E-state index contributed by atoms with van der Waals surface area (Å²) in [4.78, 5) is 0. The van der Waals surface area contributed by atoms with Gasteiger partial charge < -0.3 is 10.2 Å². The highest BCUT2D eigenvalue weighted by Gasteiger charge is 2.23. The summed E-state index contributed by atoms with van der Waals surface area (Å²) in [7, 11) is 0.